The average Bonchev–Trinajstić information content (AvgIpc) is 2.97. The van der Waals surface area contributed by atoms with Crippen molar-refractivity contribution in [2.45, 2.75) is 6.92 Å². The highest BCUT2D eigenvalue weighted by molar-refractivity contribution is 14.1. The summed E-state index contributed by atoms with van der Waals surface area (Å²) < 4.78 is 11.7. The Morgan fingerprint density at radius 1 is 1.16 bits per heavy atom. The number of rotatable bonds is 2. The number of fused-ring (bicyclic) bond motifs is 1. The van der Waals surface area contributed by atoms with E-state index in [1.165, 1.54) is 0 Å². The summed E-state index contributed by atoms with van der Waals surface area (Å²) in [5, 5.41) is 5.04. The highest BCUT2D eigenvalue weighted by Crippen LogP contribution is 2.36. The van der Waals surface area contributed by atoms with Gasteiger partial charge in [-0.1, -0.05) is 35.0 Å². The minimum Gasteiger partial charge on any atom is -0.403 e. The van der Waals surface area contributed by atoms with Crippen molar-refractivity contribution in [1.82, 2.24) is 10.1 Å². The van der Waals surface area contributed by atoms with Gasteiger partial charge in [0.1, 0.15) is 17.0 Å². The van der Waals surface area contributed by atoms with Gasteiger partial charge in [0, 0.05) is 9.13 Å². The van der Waals surface area contributed by atoms with Crippen molar-refractivity contribution in [3.05, 3.63) is 67.2 Å². The number of hydrogen-bond acceptors (Lipinski definition) is 5. The van der Waals surface area contributed by atoms with Crippen molar-refractivity contribution in [3.8, 4) is 22.7 Å². The summed E-state index contributed by atoms with van der Waals surface area (Å²) in [5.74, 6) is 0.655. The average molecular weight is 465 g/mol. The van der Waals surface area contributed by atoms with Gasteiger partial charge in [-0.15, -0.1) is 0 Å². The van der Waals surface area contributed by atoms with Gasteiger partial charge >= 0.3 is 5.63 Å². The summed E-state index contributed by atoms with van der Waals surface area (Å²) in [5.41, 5.74) is 1.79. The second-order valence-electron chi connectivity index (χ2n) is 5.41. The van der Waals surface area contributed by atoms with Crippen LogP contribution >= 0.6 is 34.2 Å². The SMILES string of the molecule is Cc1onc(-c2ccccc2Cl)c1-c1nc2ccc(I)cc2c(=O)o1. The highest BCUT2D eigenvalue weighted by Gasteiger charge is 2.22. The van der Waals surface area contributed by atoms with E-state index in [-0.39, 0.29) is 5.89 Å². The Labute approximate surface area is 160 Å². The van der Waals surface area contributed by atoms with Gasteiger partial charge in [-0.3, -0.25) is 0 Å². The van der Waals surface area contributed by atoms with E-state index in [1.54, 1.807) is 25.1 Å². The molecule has 0 amide bonds. The molecule has 0 atom stereocenters. The zero-order valence-electron chi connectivity index (χ0n) is 12.9. The Kier molecular flexibility index (Phi) is 4.09. The topological polar surface area (TPSA) is 69.1 Å². The lowest BCUT2D eigenvalue weighted by atomic mass is 10.1. The molecule has 0 N–H and O–H groups in total. The fourth-order valence-electron chi connectivity index (χ4n) is 2.61. The molecule has 2 heterocycles. The first-order valence-corrected chi connectivity index (χ1v) is 8.82. The summed E-state index contributed by atoms with van der Waals surface area (Å²) in [6.07, 6.45) is 0. The first kappa shape index (κ1) is 16.3. The number of nitrogens with zero attached hydrogens (tertiary/aromatic N) is 2. The van der Waals surface area contributed by atoms with E-state index in [0.717, 1.165) is 3.57 Å². The minimum atomic E-state index is -0.454. The third kappa shape index (κ3) is 2.85. The van der Waals surface area contributed by atoms with E-state index in [0.29, 0.717) is 38.5 Å². The van der Waals surface area contributed by atoms with Crippen LogP contribution in [-0.4, -0.2) is 10.1 Å². The van der Waals surface area contributed by atoms with Gasteiger partial charge in [0.2, 0.25) is 5.89 Å². The minimum absolute atomic E-state index is 0.160. The van der Waals surface area contributed by atoms with Crippen molar-refractivity contribution in [3.63, 3.8) is 0 Å². The van der Waals surface area contributed by atoms with Crippen molar-refractivity contribution in [2.24, 2.45) is 0 Å². The van der Waals surface area contributed by atoms with Gasteiger partial charge in [-0.05, 0) is 53.8 Å². The van der Waals surface area contributed by atoms with Gasteiger partial charge in [-0.2, -0.15) is 0 Å². The summed E-state index contributed by atoms with van der Waals surface area (Å²) >= 11 is 8.41. The lowest BCUT2D eigenvalue weighted by Crippen LogP contribution is -2.03. The van der Waals surface area contributed by atoms with Crippen LogP contribution in [0.1, 0.15) is 5.76 Å². The van der Waals surface area contributed by atoms with E-state index in [9.17, 15) is 4.79 Å². The predicted octanol–water partition coefficient (Wildman–Crippen LogP) is 5.08. The molecule has 25 heavy (non-hydrogen) atoms. The molecule has 0 aliphatic carbocycles. The number of aromatic nitrogens is 2. The predicted molar refractivity (Wildman–Crippen MR) is 104 cm³/mol. The summed E-state index contributed by atoms with van der Waals surface area (Å²) in [7, 11) is 0. The van der Waals surface area contributed by atoms with Crippen LogP contribution in [0.4, 0.5) is 0 Å². The Balaban J connectivity index is 1.99. The molecule has 0 bridgehead atoms. The molecule has 0 aliphatic heterocycles. The molecule has 2 aromatic carbocycles. The maximum atomic E-state index is 12.4. The Bertz CT molecular complexity index is 1170. The van der Waals surface area contributed by atoms with Crippen LogP contribution in [-0.2, 0) is 0 Å². The zero-order chi connectivity index (χ0) is 17.6. The lowest BCUT2D eigenvalue weighted by Gasteiger charge is -2.04. The molecule has 4 rings (SSSR count). The third-order valence-corrected chi connectivity index (χ3v) is 4.80. The van der Waals surface area contributed by atoms with Crippen LogP contribution in [0.3, 0.4) is 0 Å². The van der Waals surface area contributed by atoms with Gasteiger partial charge in [0.05, 0.1) is 15.9 Å². The lowest BCUT2D eigenvalue weighted by molar-refractivity contribution is 0.399. The highest BCUT2D eigenvalue weighted by atomic mass is 127. The molecule has 7 heteroatoms. The smallest absolute Gasteiger partial charge is 0.347 e. The molecule has 0 saturated heterocycles. The maximum Gasteiger partial charge on any atom is 0.347 e. The zero-order valence-corrected chi connectivity index (χ0v) is 15.8. The molecule has 2 aromatic heterocycles. The molecule has 0 spiro atoms. The van der Waals surface area contributed by atoms with Gasteiger partial charge in [0.25, 0.3) is 0 Å². The number of benzene rings is 2. The molecule has 5 nitrogen and oxygen atoms in total. The quantitative estimate of drug-likeness (QED) is 0.387. The normalized spacial score (nSPS) is 11.2. The summed E-state index contributed by atoms with van der Waals surface area (Å²) in [6.45, 7) is 1.74. The number of hydrogen-bond donors (Lipinski definition) is 0. The largest absolute Gasteiger partial charge is 0.403 e. The molecule has 124 valence electrons. The van der Waals surface area contributed by atoms with Crippen molar-refractivity contribution >= 4 is 45.1 Å². The first-order chi connectivity index (χ1) is 12.0. The molecule has 0 aliphatic rings. The van der Waals surface area contributed by atoms with Crippen molar-refractivity contribution < 1.29 is 8.94 Å². The van der Waals surface area contributed by atoms with Crippen LogP contribution in [0.5, 0.6) is 0 Å². The van der Waals surface area contributed by atoms with E-state index >= 15 is 0 Å². The van der Waals surface area contributed by atoms with Crippen LogP contribution in [0, 0.1) is 10.5 Å². The fraction of sp³-hybridized carbons (Fsp3) is 0.0556. The van der Waals surface area contributed by atoms with Crippen LogP contribution in [0.15, 0.2) is 56.2 Å². The van der Waals surface area contributed by atoms with Crippen LogP contribution < -0.4 is 5.63 Å². The molecular formula is C18H10ClIN2O3. The molecule has 4 aromatic rings. The van der Waals surface area contributed by atoms with Crippen molar-refractivity contribution in [2.75, 3.05) is 0 Å². The first-order valence-electron chi connectivity index (χ1n) is 7.36. The molecule has 0 radical (unpaired) electrons. The van der Waals surface area contributed by atoms with E-state index in [4.69, 9.17) is 20.5 Å². The van der Waals surface area contributed by atoms with Gasteiger partial charge in [-0.25, -0.2) is 9.78 Å². The fourth-order valence-corrected chi connectivity index (χ4v) is 3.33. The Morgan fingerprint density at radius 2 is 1.96 bits per heavy atom. The van der Waals surface area contributed by atoms with E-state index in [1.807, 2.05) is 24.3 Å². The standard InChI is InChI=1S/C18H10ClIN2O3/c1-9-15(16(22-25-9)11-4-2-3-5-13(11)19)17-21-14-7-6-10(20)8-12(14)18(23)24-17/h2-8H,1H3. The summed E-state index contributed by atoms with van der Waals surface area (Å²) in [6, 6.07) is 12.7. The number of aryl methyl sites for hydroxylation is 1. The van der Waals surface area contributed by atoms with E-state index in [2.05, 4.69) is 32.7 Å². The van der Waals surface area contributed by atoms with Gasteiger partial charge in [0.15, 0.2) is 0 Å². The Morgan fingerprint density at radius 3 is 2.76 bits per heavy atom. The van der Waals surface area contributed by atoms with Crippen LogP contribution in [0.25, 0.3) is 33.6 Å². The van der Waals surface area contributed by atoms with E-state index < -0.39 is 5.63 Å². The molecule has 0 unspecified atom stereocenters. The Hall–Kier alpha value is -2.19. The second-order valence-corrected chi connectivity index (χ2v) is 7.06. The van der Waals surface area contributed by atoms with Crippen molar-refractivity contribution in [1.29, 1.82) is 0 Å². The summed E-state index contributed by atoms with van der Waals surface area (Å²) in [4.78, 5) is 16.9. The maximum absolute atomic E-state index is 12.4. The van der Waals surface area contributed by atoms with Crippen LogP contribution in [0.2, 0.25) is 5.02 Å². The third-order valence-electron chi connectivity index (χ3n) is 3.80. The molecule has 0 saturated carbocycles. The monoisotopic (exact) mass is 464 g/mol. The second kappa shape index (κ2) is 6.27. The van der Waals surface area contributed by atoms with Gasteiger partial charge < -0.3 is 8.94 Å². The number of halogens is 2. The molecular weight excluding hydrogens is 455 g/mol. The molecule has 0 fully saturated rings.